The van der Waals surface area contributed by atoms with Crippen LogP contribution in [0.2, 0.25) is 0 Å². The topological polar surface area (TPSA) is 46.9 Å². The van der Waals surface area contributed by atoms with Gasteiger partial charge in [0.15, 0.2) is 0 Å². The van der Waals surface area contributed by atoms with Crippen LogP contribution >= 0.6 is 0 Å². The van der Waals surface area contributed by atoms with Crippen molar-refractivity contribution in [3.63, 3.8) is 0 Å². The van der Waals surface area contributed by atoms with E-state index in [0.717, 1.165) is 25.6 Å². The Morgan fingerprint density at radius 1 is 1.64 bits per heavy atom. The van der Waals surface area contributed by atoms with Crippen molar-refractivity contribution in [2.45, 2.75) is 19.8 Å². The lowest BCUT2D eigenvalue weighted by molar-refractivity contribution is 0.585. The molecule has 5 heteroatoms. The van der Waals surface area contributed by atoms with Gasteiger partial charge < -0.3 is 9.88 Å². The molecular formula is C9H14FN3O. The molecule has 1 N–H and O–H groups in total. The van der Waals surface area contributed by atoms with Gasteiger partial charge in [-0.25, -0.2) is 0 Å². The number of halogens is 1. The molecule has 4 nitrogen and oxygen atoms in total. The molecule has 0 aliphatic rings. The van der Waals surface area contributed by atoms with E-state index in [9.17, 15) is 9.18 Å². The van der Waals surface area contributed by atoms with Gasteiger partial charge in [0.25, 0.3) is 0 Å². The Balaban J connectivity index is 2.77. The van der Waals surface area contributed by atoms with Crippen LogP contribution < -0.4 is 10.9 Å². The quantitative estimate of drug-likeness (QED) is 0.739. The second-order valence-electron chi connectivity index (χ2n) is 3.11. The predicted octanol–water partition coefficient (Wildman–Crippen LogP) is 1.13. The van der Waals surface area contributed by atoms with Crippen molar-refractivity contribution in [3.8, 4) is 0 Å². The van der Waals surface area contributed by atoms with Gasteiger partial charge in [0.1, 0.15) is 0 Å². The van der Waals surface area contributed by atoms with Gasteiger partial charge in [0.2, 0.25) is 11.8 Å². The minimum Gasteiger partial charge on any atom is -0.356 e. The lowest BCUT2D eigenvalue weighted by Gasteiger charge is -2.08. The van der Waals surface area contributed by atoms with E-state index >= 15 is 0 Å². The Kier molecular flexibility index (Phi) is 3.62. The Bertz CT molecular complexity index is 362. The third-order valence-electron chi connectivity index (χ3n) is 1.87. The summed E-state index contributed by atoms with van der Waals surface area (Å²) in [5, 5.41) is 2.97. The van der Waals surface area contributed by atoms with E-state index in [1.165, 1.54) is 4.57 Å². The van der Waals surface area contributed by atoms with Crippen molar-refractivity contribution in [2.75, 3.05) is 11.9 Å². The third-order valence-corrected chi connectivity index (χ3v) is 1.87. The van der Waals surface area contributed by atoms with E-state index in [4.69, 9.17) is 0 Å². The molecule has 0 fully saturated rings. The molecule has 0 radical (unpaired) electrons. The van der Waals surface area contributed by atoms with E-state index < -0.39 is 11.4 Å². The Hall–Kier alpha value is -1.39. The number of hydrogen-bond acceptors (Lipinski definition) is 3. The molecule has 1 rings (SSSR count). The van der Waals surface area contributed by atoms with E-state index in [-0.39, 0.29) is 0 Å². The first-order valence-corrected chi connectivity index (χ1v) is 4.62. The fourth-order valence-corrected chi connectivity index (χ4v) is 1.06. The van der Waals surface area contributed by atoms with E-state index in [1.54, 1.807) is 7.05 Å². The monoisotopic (exact) mass is 199 g/mol. The standard InChI is InChI=1S/C9H14FN3O/c1-3-4-5-11-9-12-8(14)7(10)6-13(9)2/h6H,3-5H2,1-2H3,(H,11,12,14). The number of hydrogen-bond donors (Lipinski definition) is 1. The number of aromatic nitrogens is 2. The first-order chi connectivity index (χ1) is 6.65. The van der Waals surface area contributed by atoms with Crippen molar-refractivity contribution >= 4 is 5.95 Å². The number of nitrogens with one attached hydrogen (secondary N) is 1. The largest absolute Gasteiger partial charge is 0.356 e. The van der Waals surface area contributed by atoms with Crippen LogP contribution in [0.3, 0.4) is 0 Å². The molecule has 0 bridgehead atoms. The molecule has 0 aromatic carbocycles. The molecule has 0 aliphatic carbocycles. The number of nitrogens with zero attached hydrogens (tertiary/aromatic N) is 2. The molecule has 1 aromatic heterocycles. The maximum absolute atomic E-state index is 12.7. The number of unbranched alkanes of at least 4 members (excludes halogenated alkanes) is 1. The predicted molar refractivity (Wildman–Crippen MR) is 52.8 cm³/mol. The molecule has 0 spiro atoms. The fraction of sp³-hybridized carbons (Fsp3) is 0.556. The highest BCUT2D eigenvalue weighted by Gasteiger charge is 2.03. The van der Waals surface area contributed by atoms with Gasteiger partial charge in [0, 0.05) is 19.8 Å². The molecule has 78 valence electrons. The van der Waals surface area contributed by atoms with Crippen LogP contribution in [0.1, 0.15) is 19.8 Å². The first kappa shape index (κ1) is 10.7. The first-order valence-electron chi connectivity index (χ1n) is 4.62. The van der Waals surface area contributed by atoms with Crippen molar-refractivity contribution in [3.05, 3.63) is 22.4 Å². The molecule has 1 aromatic rings. The summed E-state index contributed by atoms with van der Waals surface area (Å²) in [7, 11) is 1.64. The highest BCUT2D eigenvalue weighted by molar-refractivity contribution is 5.24. The van der Waals surface area contributed by atoms with Crippen molar-refractivity contribution < 1.29 is 4.39 Å². The van der Waals surface area contributed by atoms with Crippen molar-refractivity contribution in [2.24, 2.45) is 7.05 Å². The van der Waals surface area contributed by atoms with Crippen LogP contribution in [0.15, 0.2) is 11.0 Å². The molecule has 0 unspecified atom stereocenters. The van der Waals surface area contributed by atoms with Gasteiger partial charge in [-0.2, -0.15) is 9.37 Å². The number of aryl methyl sites for hydroxylation is 1. The highest BCUT2D eigenvalue weighted by Crippen LogP contribution is 1.99. The summed E-state index contributed by atoms with van der Waals surface area (Å²) in [6.45, 7) is 2.81. The van der Waals surface area contributed by atoms with Crippen molar-refractivity contribution in [1.82, 2.24) is 9.55 Å². The Morgan fingerprint density at radius 2 is 2.36 bits per heavy atom. The zero-order valence-electron chi connectivity index (χ0n) is 8.38. The van der Waals surface area contributed by atoms with Gasteiger partial charge in [-0.05, 0) is 6.42 Å². The summed E-state index contributed by atoms with van der Waals surface area (Å²) in [5.41, 5.74) is -0.818. The second kappa shape index (κ2) is 4.74. The van der Waals surface area contributed by atoms with Crippen molar-refractivity contribution in [1.29, 1.82) is 0 Å². The minimum atomic E-state index is -0.825. The van der Waals surface area contributed by atoms with Gasteiger partial charge in [-0.15, -0.1) is 0 Å². The van der Waals surface area contributed by atoms with Gasteiger partial charge >= 0.3 is 5.56 Å². The summed E-state index contributed by atoms with van der Waals surface area (Å²) in [6, 6.07) is 0. The Labute approximate surface area is 81.8 Å². The second-order valence-corrected chi connectivity index (χ2v) is 3.11. The van der Waals surface area contributed by atoms with Gasteiger partial charge in [0.05, 0.1) is 0 Å². The fourth-order valence-electron chi connectivity index (χ4n) is 1.06. The third kappa shape index (κ3) is 2.55. The smallest absolute Gasteiger partial charge is 0.310 e. The SMILES string of the molecule is CCCCNc1nc(=O)c(F)cn1C. The average Bonchev–Trinajstić information content (AvgIpc) is 2.14. The minimum absolute atomic E-state index is 0.407. The highest BCUT2D eigenvalue weighted by atomic mass is 19.1. The lowest BCUT2D eigenvalue weighted by atomic mass is 10.3. The number of anilines is 1. The maximum atomic E-state index is 12.7. The molecule has 0 atom stereocenters. The van der Waals surface area contributed by atoms with E-state index in [2.05, 4.69) is 17.2 Å². The summed E-state index contributed by atoms with van der Waals surface area (Å²) >= 11 is 0. The summed E-state index contributed by atoms with van der Waals surface area (Å²) < 4.78 is 14.2. The number of rotatable bonds is 4. The van der Waals surface area contributed by atoms with Gasteiger partial charge in [-0.1, -0.05) is 13.3 Å². The molecule has 14 heavy (non-hydrogen) atoms. The zero-order chi connectivity index (χ0) is 10.6. The van der Waals surface area contributed by atoms with E-state index in [0.29, 0.717) is 5.95 Å². The van der Waals surface area contributed by atoms with Crippen LogP contribution in [0.5, 0.6) is 0 Å². The van der Waals surface area contributed by atoms with Gasteiger partial charge in [-0.3, -0.25) is 4.79 Å². The summed E-state index contributed by atoms with van der Waals surface area (Å²) in [6.07, 6.45) is 3.18. The average molecular weight is 199 g/mol. The molecule has 0 saturated carbocycles. The summed E-state index contributed by atoms with van der Waals surface area (Å²) in [5.74, 6) is -0.418. The molecule has 0 aliphatic heterocycles. The zero-order valence-corrected chi connectivity index (χ0v) is 8.38. The molecular weight excluding hydrogens is 185 g/mol. The molecule has 0 saturated heterocycles. The van der Waals surface area contributed by atoms with Crippen LogP contribution in [0, 0.1) is 5.82 Å². The molecule has 0 amide bonds. The van der Waals surface area contributed by atoms with E-state index in [1.807, 2.05) is 0 Å². The van der Waals surface area contributed by atoms with Crippen LogP contribution in [-0.4, -0.2) is 16.1 Å². The maximum Gasteiger partial charge on any atom is 0.310 e. The van der Waals surface area contributed by atoms with Crippen LogP contribution in [-0.2, 0) is 7.05 Å². The van der Waals surface area contributed by atoms with Crippen LogP contribution in [0.4, 0.5) is 10.3 Å². The normalized spacial score (nSPS) is 10.2. The van der Waals surface area contributed by atoms with Crippen LogP contribution in [0.25, 0.3) is 0 Å². The Morgan fingerprint density at radius 3 is 3.00 bits per heavy atom. The molecule has 1 heterocycles. The summed E-state index contributed by atoms with van der Waals surface area (Å²) in [4.78, 5) is 14.5. The lowest BCUT2D eigenvalue weighted by Crippen LogP contribution is -2.19.